The van der Waals surface area contributed by atoms with E-state index in [9.17, 15) is 0 Å². The van der Waals surface area contributed by atoms with Crippen LogP contribution in [0.1, 0.15) is 67.1 Å². The second-order valence-electron chi connectivity index (χ2n) is 15.0. The molecule has 0 aliphatic heterocycles. The fourth-order valence-corrected chi connectivity index (χ4v) is 10.1. The molecule has 2 aliphatic carbocycles. The smallest absolute Gasteiger partial charge is 0.305 e. The number of rotatable bonds is 6. The second-order valence-corrected chi connectivity index (χ2v) is 15.0. The summed E-state index contributed by atoms with van der Waals surface area (Å²) in [5.41, 5.74) is 15.8. The Bertz CT molecular complexity index is 2600. The van der Waals surface area contributed by atoms with Crippen LogP contribution in [0.25, 0.3) is 22.5 Å². The van der Waals surface area contributed by atoms with Crippen molar-refractivity contribution in [2.24, 2.45) is 0 Å². The second kappa shape index (κ2) is 14.5. The van der Waals surface area contributed by atoms with E-state index in [0.29, 0.717) is 0 Å². The molecule has 0 atom stereocenters. The maximum Gasteiger partial charge on any atom is 2.00 e. The molecule has 2 aliphatic rings. The molecule has 0 unspecified atom stereocenters. The molecule has 7 aromatic carbocycles. The molecule has 0 radical (unpaired) electrons. The van der Waals surface area contributed by atoms with Crippen molar-refractivity contribution in [3.05, 3.63) is 286 Å². The van der Waals surface area contributed by atoms with Gasteiger partial charge in [0, 0.05) is 29.1 Å². The largest absolute Gasteiger partial charge is 2.00 e. The summed E-state index contributed by atoms with van der Waals surface area (Å²) in [7, 11) is 0. The van der Waals surface area contributed by atoms with Crippen molar-refractivity contribution in [3.63, 3.8) is 0 Å². The molecule has 58 heavy (non-hydrogen) atoms. The quantitative estimate of drug-likeness (QED) is 0.155. The first-order valence-electron chi connectivity index (χ1n) is 19.6. The van der Waals surface area contributed by atoms with E-state index in [1.807, 2.05) is 24.5 Å². The number of fused-ring (bicyclic) bond motifs is 4. The van der Waals surface area contributed by atoms with Crippen LogP contribution in [-0.2, 0) is 31.9 Å². The van der Waals surface area contributed by atoms with Gasteiger partial charge in [-0.05, 0) is 62.5 Å². The van der Waals surface area contributed by atoms with Crippen LogP contribution in [0, 0.1) is 12.1 Å². The molecule has 0 spiro atoms. The molecule has 11 rings (SSSR count). The zero-order chi connectivity index (χ0) is 37.8. The van der Waals surface area contributed by atoms with E-state index in [1.54, 1.807) is 0 Å². The molecule has 9 aromatic rings. The third kappa shape index (κ3) is 5.22. The predicted molar refractivity (Wildman–Crippen MR) is 228 cm³/mol. The van der Waals surface area contributed by atoms with Crippen LogP contribution < -0.4 is 0 Å². The summed E-state index contributed by atoms with van der Waals surface area (Å²) in [4.78, 5) is 9.66. The van der Waals surface area contributed by atoms with E-state index in [2.05, 4.69) is 200 Å². The van der Waals surface area contributed by atoms with Gasteiger partial charge in [0.1, 0.15) is 0 Å². The number of benzene rings is 7. The zero-order valence-electron chi connectivity index (χ0n) is 31.5. The number of nitrogens with zero attached hydrogens (tertiary/aromatic N) is 2. The Morgan fingerprint density at radius 2 is 0.707 bits per heavy atom. The average molecular weight is 920 g/mol. The first-order valence-corrected chi connectivity index (χ1v) is 19.6. The van der Waals surface area contributed by atoms with Gasteiger partial charge >= 0.3 is 21.1 Å². The summed E-state index contributed by atoms with van der Waals surface area (Å²) >= 11 is 0. The van der Waals surface area contributed by atoms with Crippen molar-refractivity contribution < 1.29 is 21.1 Å². The van der Waals surface area contributed by atoms with E-state index in [1.165, 1.54) is 50.1 Å². The minimum atomic E-state index is -0.659. The molecule has 0 amide bonds. The van der Waals surface area contributed by atoms with Crippen molar-refractivity contribution in [1.82, 2.24) is 9.97 Å². The fraction of sp³-hybridized carbons (Fsp3) is 0.0545. The Morgan fingerprint density at radius 3 is 1.05 bits per heavy atom. The monoisotopic (exact) mass is 919 g/mol. The molecule has 0 saturated heterocycles. The first-order chi connectivity index (χ1) is 28.3. The Kier molecular flexibility index (Phi) is 8.96. The van der Waals surface area contributed by atoms with Crippen molar-refractivity contribution in [2.75, 3.05) is 0 Å². The van der Waals surface area contributed by atoms with Crippen molar-refractivity contribution in [1.29, 1.82) is 0 Å². The Labute approximate surface area is 354 Å². The van der Waals surface area contributed by atoms with Crippen molar-refractivity contribution in [2.45, 2.75) is 16.7 Å². The van der Waals surface area contributed by atoms with Crippen LogP contribution in [0.3, 0.4) is 0 Å². The van der Waals surface area contributed by atoms with Gasteiger partial charge in [-0.3, -0.25) is 0 Å². The van der Waals surface area contributed by atoms with Gasteiger partial charge in [0.05, 0.1) is 0 Å². The van der Waals surface area contributed by atoms with Gasteiger partial charge in [0.2, 0.25) is 0 Å². The Balaban J connectivity index is 0.00000408. The van der Waals surface area contributed by atoms with Gasteiger partial charge in [0.15, 0.2) is 0 Å². The summed E-state index contributed by atoms with van der Waals surface area (Å²) in [5, 5.41) is 0. The number of hydrogen-bond donors (Lipinski definition) is 0. The van der Waals surface area contributed by atoms with Crippen molar-refractivity contribution >= 4 is 0 Å². The van der Waals surface area contributed by atoms with Gasteiger partial charge in [-0.2, -0.15) is 0 Å². The van der Waals surface area contributed by atoms with Gasteiger partial charge in [-0.15, -0.1) is 69.8 Å². The molecule has 0 saturated carbocycles. The SMILES string of the molecule is [Pt+2].[c-]1c(-c2ccccn2)ccc2c1C1c3[c-]c(-c4ccccn4)ccc3C(c3ccccc3)(c3ccccc3)c3cccc(c31)C2(c1ccccc1)c1ccccc1. The zero-order valence-corrected chi connectivity index (χ0v) is 33.8. The Morgan fingerprint density at radius 1 is 0.345 bits per heavy atom. The molecular weight excluding hydrogens is 884 g/mol. The van der Waals surface area contributed by atoms with Crippen LogP contribution in [0.15, 0.2) is 213 Å². The van der Waals surface area contributed by atoms with E-state index in [4.69, 9.17) is 9.97 Å². The molecule has 3 heteroatoms. The molecule has 2 nitrogen and oxygen atoms in total. The number of hydrogen-bond acceptors (Lipinski definition) is 2. The summed E-state index contributed by atoms with van der Waals surface area (Å²) in [6.45, 7) is 0. The van der Waals surface area contributed by atoms with Gasteiger partial charge < -0.3 is 9.97 Å². The van der Waals surface area contributed by atoms with E-state index < -0.39 is 10.8 Å². The summed E-state index contributed by atoms with van der Waals surface area (Å²) in [6, 6.07) is 80.8. The summed E-state index contributed by atoms with van der Waals surface area (Å²) < 4.78 is 0. The first kappa shape index (κ1) is 35.9. The molecule has 276 valence electrons. The summed E-state index contributed by atoms with van der Waals surface area (Å²) in [6.07, 6.45) is 3.73. The number of pyridine rings is 2. The Hall–Kier alpha value is -6.47. The standard InChI is InChI=1S/C55H36N2.Pt/c1-5-18-40(19-6-1)54(41-20-7-2-8-21-41)46-32-30-38(50-28-13-15-34-56-50)36-44(46)52-45-37-39(51-29-14-16-35-57-51)31-33-47(45)55(42-22-9-3-10-23-42,43-24-11-4-12-25-43)49-27-17-26-48(54)53(49)52;/h1-35,52H;/q-2;+2. The van der Waals surface area contributed by atoms with Crippen LogP contribution in [0.4, 0.5) is 0 Å². The predicted octanol–water partition coefficient (Wildman–Crippen LogP) is 12.0. The van der Waals surface area contributed by atoms with E-state index in [-0.39, 0.29) is 27.0 Å². The maximum atomic E-state index is 4.83. The summed E-state index contributed by atoms with van der Waals surface area (Å²) in [5.74, 6) is -0.186. The normalized spacial score (nSPS) is 14.3. The van der Waals surface area contributed by atoms with Gasteiger partial charge in [0.25, 0.3) is 0 Å². The van der Waals surface area contributed by atoms with Crippen LogP contribution in [-0.4, -0.2) is 9.97 Å². The molecule has 2 heterocycles. The molecular formula is C55H36N2Pt. The topological polar surface area (TPSA) is 25.8 Å². The third-order valence-corrected chi connectivity index (χ3v) is 12.2. The number of aromatic nitrogens is 2. The fourth-order valence-electron chi connectivity index (χ4n) is 10.1. The molecule has 0 fully saturated rings. The van der Waals surface area contributed by atoms with Gasteiger partial charge in [-0.1, -0.05) is 164 Å². The molecule has 0 bridgehead atoms. The molecule has 0 N–H and O–H groups in total. The minimum absolute atomic E-state index is 0. The average Bonchev–Trinajstić information content (AvgIpc) is 3.30. The van der Waals surface area contributed by atoms with Crippen LogP contribution in [0.5, 0.6) is 0 Å². The van der Waals surface area contributed by atoms with Gasteiger partial charge in [-0.25, -0.2) is 0 Å². The minimum Gasteiger partial charge on any atom is -0.305 e. The van der Waals surface area contributed by atoms with Crippen LogP contribution in [0.2, 0.25) is 0 Å². The van der Waals surface area contributed by atoms with Crippen molar-refractivity contribution in [3.8, 4) is 22.5 Å². The maximum absolute atomic E-state index is 4.83. The van der Waals surface area contributed by atoms with E-state index in [0.717, 1.165) is 33.6 Å². The van der Waals surface area contributed by atoms with E-state index >= 15 is 0 Å². The van der Waals surface area contributed by atoms with Crippen LogP contribution >= 0.6 is 0 Å². The third-order valence-electron chi connectivity index (χ3n) is 12.2. The molecule has 2 aromatic heterocycles.